The van der Waals surface area contributed by atoms with E-state index in [1.807, 2.05) is 73.3 Å². The van der Waals surface area contributed by atoms with Crippen molar-refractivity contribution in [2.45, 2.75) is 31.3 Å². The Morgan fingerprint density at radius 2 is 1.55 bits per heavy atom. The molecule has 4 atom stereocenters. The molecule has 3 aromatic carbocycles. The molecule has 4 heterocycles. The van der Waals surface area contributed by atoms with Crippen LogP contribution in [-0.4, -0.2) is 34.5 Å². The highest BCUT2D eigenvalue weighted by Gasteiger charge is 2.70. The van der Waals surface area contributed by atoms with Crippen molar-refractivity contribution in [3.63, 3.8) is 0 Å². The first-order valence-electron chi connectivity index (χ1n) is 13.4. The Labute approximate surface area is 232 Å². The van der Waals surface area contributed by atoms with Gasteiger partial charge in [-0.2, -0.15) is 0 Å². The smallest absolute Gasteiger partial charge is 0.238 e. The number of aromatic nitrogens is 1. The summed E-state index contributed by atoms with van der Waals surface area (Å²) in [4.78, 5) is 49.8. The number of amides is 1. The van der Waals surface area contributed by atoms with Gasteiger partial charge in [-0.25, -0.2) is 0 Å². The van der Waals surface area contributed by atoms with Crippen LogP contribution in [0.1, 0.15) is 44.3 Å². The van der Waals surface area contributed by atoms with Gasteiger partial charge < -0.3 is 10.2 Å². The largest absolute Gasteiger partial charge is 0.352 e. The van der Waals surface area contributed by atoms with Crippen molar-refractivity contribution in [3.05, 3.63) is 131 Å². The second-order valence-corrected chi connectivity index (χ2v) is 10.8. The molecule has 0 aliphatic carbocycles. The predicted octanol–water partition coefficient (Wildman–Crippen LogP) is 5.64. The van der Waals surface area contributed by atoms with Crippen molar-refractivity contribution >= 4 is 34.4 Å². The Hall–Kier alpha value is -4.84. The normalized spacial score (nSPS) is 24.1. The highest BCUT2D eigenvalue weighted by molar-refractivity contribution is 6.18. The van der Waals surface area contributed by atoms with E-state index in [1.165, 1.54) is 0 Å². The summed E-state index contributed by atoms with van der Waals surface area (Å²) in [5.41, 5.74) is 4.98. The molecule has 4 aromatic rings. The molecule has 1 N–H and O–H groups in total. The topological polar surface area (TPSA) is 79.4 Å². The van der Waals surface area contributed by atoms with E-state index in [1.54, 1.807) is 36.7 Å². The van der Waals surface area contributed by atoms with Crippen LogP contribution in [-0.2, 0) is 10.2 Å². The standard InChI is InChI=1S/C34H27N3O3/c1-20-12-13-27-24(18-20)21(2)19-28-34(25-10-6-7-11-26(25)36-33(34)40)29(31(38)23-14-16-35-17-15-23)30(37(27)28)32(39)22-8-4-3-5-9-22/h3-19,28-30H,1-2H3,(H,36,40)/t28-,29+,30+,34-/m1/s1. The van der Waals surface area contributed by atoms with Crippen LogP contribution in [0.5, 0.6) is 0 Å². The molecule has 7 rings (SSSR count). The fraction of sp³-hybridized carbons (Fsp3) is 0.176. The highest BCUT2D eigenvalue weighted by Crippen LogP contribution is 2.58. The Kier molecular flexibility index (Phi) is 5.36. The quantitative estimate of drug-likeness (QED) is 0.349. The second kappa shape index (κ2) is 8.85. The lowest BCUT2D eigenvalue weighted by Gasteiger charge is -2.39. The first-order valence-corrected chi connectivity index (χ1v) is 13.4. The van der Waals surface area contributed by atoms with E-state index in [9.17, 15) is 14.4 Å². The van der Waals surface area contributed by atoms with E-state index in [-0.39, 0.29) is 17.5 Å². The lowest BCUT2D eigenvalue weighted by molar-refractivity contribution is -0.121. The maximum atomic E-state index is 14.7. The van der Waals surface area contributed by atoms with Crippen molar-refractivity contribution in [1.82, 2.24) is 4.98 Å². The van der Waals surface area contributed by atoms with Gasteiger partial charge in [0.25, 0.3) is 0 Å². The molecule has 6 nitrogen and oxygen atoms in total. The number of fused-ring (bicyclic) bond motifs is 6. The summed E-state index contributed by atoms with van der Waals surface area (Å²) >= 11 is 0. The molecule has 1 saturated heterocycles. The minimum absolute atomic E-state index is 0.188. The third kappa shape index (κ3) is 3.22. The fourth-order valence-electron chi connectivity index (χ4n) is 7.01. The average molecular weight is 526 g/mol. The molecule has 1 aromatic heterocycles. The number of Topliss-reactive ketones (excluding diaryl/α,β-unsaturated/α-hetero) is 2. The number of aryl methyl sites for hydroxylation is 1. The van der Waals surface area contributed by atoms with Gasteiger partial charge in [-0.1, -0.05) is 66.2 Å². The summed E-state index contributed by atoms with van der Waals surface area (Å²) in [6, 6.07) is 24.6. The van der Waals surface area contributed by atoms with Crippen LogP contribution in [0.3, 0.4) is 0 Å². The number of ketones is 2. The molecule has 0 bridgehead atoms. The third-order valence-corrected chi connectivity index (χ3v) is 8.71. The lowest BCUT2D eigenvalue weighted by Crippen LogP contribution is -2.51. The number of hydrogen-bond donors (Lipinski definition) is 1. The molecular formula is C34H27N3O3. The zero-order valence-electron chi connectivity index (χ0n) is 22.2. The number of para-hydroxylation sites is 1. The van der Waals surface area contributed by atoms with Crippen LogP contribution in [0.25, 0.3) is 5.57 Å². The van der Waals surface area contributed by atoms with Crippen LogP contribution in [0.4, 0.5) is 11.4 Å². The number of anilines is 2. The highest BCUT2D eigenvalue weighted by atomic mass is 16.2. The minimum Gasteiger partial charge on any atom is -0.352 e. The second-order valence-electron chi connectivity index (χ2n) is 10.8. The van der Waals surface area contributed by atoms with E-state index in [4.69, 9.17) is 0 Å². The molecule has 1 spiro atoms. The van der Waals surface area contributed by atoms with Crippen LogP contribution in [0, 0.1) is 12.8 Å². The number of nitrogens with one attached hydrogen (secondary N) is 1. The molecule has 3 aliphatic heterocycles. The van der Waals surface area contributed by atoms with Crippen LogP contribution >= 0.6 is 0 Å². The number of carbonyl (C=O) groups is 3. The number of allylic oxidation sites excluding steroid dienone is 1. The van der Waals surface area contributed by atoms with Gasteiger partial charge in [0, 0.05) is 40.5 Å². The molecule has 1 fully saturated rings. The number of nitrogens with zero attached hydrogens (tertiary/aromatic N) is 2. The van der Waals surface area contributed by atoms with Crippen LogP contribution < -0.4 is 10.2 Å². The van der Waals surface area contributed by atoms with E-state index < -0.39 is 23.4 Å². The average Bonchev–Trinajstić information content (AvgIpc) is 3.45. The number of carbonyl (C=O) groups excluding carboxylic acids is 3. The Balaban J connectivity index is 1.57. The fourth-order valence-corrected chi connectivity index (χ4v) is 7.01. The van der Waals surface area contributed by atoms with Gasteiger partial charge in [-0.15, -0.1) is 0 Å². The summed E-state index contributed by atoms with van der Waals surface area (Å²) in [5.74, 6) is -1.70. The maximum absolute atomic E-state index is 14.7. The number of benzene rings is 3. The van der Waals surface area contributed by atoms with Gasteiger partial charge in [0.05, 0.1) is 12.0 Å². The molecule has 0 radical (unpaired) electrons. The van der Waals surface area contributed by atoms with E-state index in [0.717, 1.165) is 28.0 Å². The van der Waals surface area contributed by atoms with E-state index in [2.05, 4.69) is 22.4 Å². The first-order chi connectivity index (χ1) is 19.4. The van der Waals surface area contributed by atoms with Gasteiger partial charge in [-0.3, -0.25) is 19.4 Å². The van der Waals surface area contributed by atoms with Crippen molar-refractivity contribution in [3.8, 4) is 0 Å². The Morgan fingerprint density at radius 1 is 0.850 bits per heavy atom. The molecule has 0 saturated carbocycles. The van der Waals surface area contributed by atoms with Gasteiger partial charge in [0.1, 0.15) is 11.5 Å². The Morgan fingerprint density at radius 3 is 2.33 bits per heavy atom. The molecule has 1 amide bonds. The monoisotopic (exact) mass is 525 g/mol. The van der Waals surface area contributed by atoms with E-state index >= 15 is 0 Å². The zero-order valence-corrected chi connectivity index (χ0v) is 22.2. The Bertz CT molecular complexity index is 1730. The van der Waals surface area contributed by atoms with Gasteiger partial charge in [0.2, 0.25) is 5.91 Å². The van der Waals surface area contributed by atoms with E-state index in [0.29, 0.717) is 16.8 Å². The van der Waals surface area contributed by atoms with Crippen molar-refractivity contribution < 1.29 is 14.4 Å². The predicted molar refractivity (Wildman–Crippen MR) is 154 cm³/mol. The first kappa shape index (κ1) is 24.2. The van der Waals surface area contributed by atoms with Crippen molar-refractivity contribution in [2.75, 3.05) is 10.2 Å². The molecule has 0 unspecified atom stereocenters. The van der Waals surface area contributed by atoms with Gasteiger partial charge in [0.15, 0.2) is 11.6 Å². The van der Waals surface area contributed by atoms with Crippen molar-refractivity contribution in [1.29, 1.82) is 0 Å². The summed E-state index contributed by atoms with van der Waals surface area (Å²) in [6.07, 6.45) is 5.22. The molecule has 196 valence electrons. The number of rotatable bonds is 4. The molecular weight excluding hydrogens is 498 g/mol. The van der Waals surface area contributed by atoms with Gasteiger partial charge >= 0.3 is 0 Å². The summed E-state index contributed by atoms with van der Waals surface area (Å²) in [7, 11) is 0. The number of pyridine rings is 1. The summed E-state index contributed by atoms with van der Waals surface area (Å²) < 4.78 is 0. The maximum Gasteiger partial charge on any atom is 0.238 e. The number of hydrogen-bond acceptors (Lipinski definition) is 5. The SMILES string of the molecule is CC1=C[C@H]2N(c3ccc(C)cc31)[C@H](C(=O)c1ccccc1)[C@@H](C(=O)c1ccncc1)[C@]21C(=O)Nc2ccccc21. The van der Waals surface area contributed by atoms with Gasteiger partial charge in [-0.05, 0) is 55.3 Å². The summed E-state index contributed by atoms with van der Waals surface area (Å²) in [6.45, 7) is 4.07. The third-order valence-electron chi connectivity index (χ3n) is 8.71. The van der Waals surface area contributed by atoms with Crippen LogP contribution in [0.2, 0.25) is 0 Å². The minimum atomic E-state index is -1.32. The van der Waals surface area contributed by atoms with Crippen molar-refractivity contribution in [2.24, 2.45) is 5.92 Å². The van der Waals surface area contributed by atoms with Crippen LogP contribution in [0.15, 0.2) is 103 Å². The molecule has 40 heavy (non-hydrogen) atoms. The molecule has 6 heteroatoms. The lowest BCUT2D eigenvalue weighted by atomic mass is 9.64. The molecule has 3 aliphatic rings. The summed E-state index contributed by atoms with van der Waals surface area (Å²) in [5, 5.41) is 3.08. The zero-order chi connectivity index (χ0) is 27.6.